The largest absolute Gasteiger partial charge is 0.368 e. The monoisotopic (exact) mass is 377 g/mol. The number of anilines is 1. The van der Waals surface area contributed by atoms with Crippen LogP contribution in [0.4, 0.5) is 10.1 Å². The van der Waals surface area contributed by atoms with Gasteiger partial charge in [0.05, 0.1) is 10.6 Å². The molecule has 6 nitrogen and oxygen atoms in total. The van der Waals surface area contributed by atoms with E-state index >= 15 is 0 Å². The third-order valence-corrected chi connectivity index (χ3v) is 6.15. The zero-order valence-corrected chi connectivity index (χ0v) is 15.0. The molecule has 0 radical (unpaired) electrons. The second-order valence-corrected chi connectivity index (χ2v) is 8.21. The molecule has 0 aliphatic carbocycles. The third-order valence-electron chi connectivity index (χ3n) is 4.42. The number of nitrogens with zero attached hydrogens (tertiary/aromatic N) is 3. The summed E-state index contributed by atoms with van der Waals surface area (Å²) in [6.07, 6.45) is 3.38. The van der Waals surface area contributed by atoms with Gasteiger partial charge in [-0.1, -0.05) is 0 Å². The summed E-state index contributed by atoms with van der Waals surface area (Å²) in [5.74, 6) is -0.945. The van der Waals surface area contributed by atoms with E-state index in [9.17, 15) is 17.6 Å². The molecule has 8 heteroatoms. The first kappa shape index (κ1) is 18.3. The Kier molecular flexibility index (Phi) is 5.51. The number of carbonyl (C=O) groups excluding carboxylic acids is 1. The SMILES string of the molecule is O=C(CCS(=O)(=O)c1ccc(F)cc1)N1CCN(c2ccncc2)CC1. The highest BCUT2D eigenvalue weighted by Crippen LogP contribution is 2.16. The molecule has 2 aromatic rings. The molecular formula is C18H20FN3O3S. The number of hydrogen-bond donors (Lipinski definition) is 0. The lowest BCUT2D eigenvalue weighted by molar-refractivity contribution is -0.131. The number of halogens is 1. The lowest BCUT2D eigenvalue weighted by Gasteiger charge is -2.36. The van der Waals surface area contributed by atoms with E-state index in [0.29, 0.717) is 26.2 Å². The van der Waals surface area contributed by atoms with Gasteiger partial charge in [-0.15, -0.1) is 0 Å². The normalized spacial score (nSPS) is 15.1. The van der Waals surface area contributed by atoms with Crippen molar-refractivity contribution in [1.82, 2.24) is 9.88 Å². The minimum atomic E-state index is -3.60. The molecule has 3 rings (SSSR count). The van der Waals surface area contributed by atoms with E-state index < -0.39 is 15.7 Å². The van der Waals surface area contributed by atoms with Gasteiger partial charge in [-0.3, -0.25) is 9.78 Å². The van der Waals surface area contributed by atoms with E-state index in [1.807, 2.05) is 12.1 Å². The van der Waals surface area contributed by atoms with Gasteiger partial charge in [0, 0.05) is 50.7 Å². The second kappa shape index (κ2) is 7.82. The Bertz CT molecular complexity index is 849. The summed E-state index contributed by atoms with van der Waals surface area (Å²) in [4.78, 5) is 20.2. The van der Waals surface area contributed by atoms with Crippen LogP contribution in [-0.4, -0.2) is 56.1 Å². The van der Waals surface area contributed by atoms with Gasteiger partial charge in [-0.05, 0) is 36.4 Å². The molecule has 1 fully saturated rings. The topological polar surface area (TPSA) is 70.6 Å². The predicted octanol–water partition coefficient (Wildman–Crippen LogP) is 1.73. The summed E-state index contributed by atoms with van der Waals surface area (Å²) < 4.78 is 37.4. The molecule has 0 bridgehead atoms. The van der Waals surface area contributed by atoms with Crippen LogP contribution in [0.3, 0.4) is 0 Å². The highest BCUT2D eigenvalue weighted by atomic mass is 32.2. The van der Waals surface area contributed by atoms with Crippen molar-refractivity contribution in [3.8, 4) is 0 Å². The fourth-order valence-electron chi connectivity index (χ4n) is 2.91. The fourth-order valence-corrected chi connectivity index (χ4v) is 4.14. The van der Waals surface area contributed by atoms with Gasteiger partial charge in [-0.25, -0.2) is 12.8 Å². The quantitative estimate of drug-likeness (QED) is 0.743. The molecule has 0 spiro atoms. The smallest absolute Gasteiger partial charge is 0.223 e. The van der Waals surface area contributed by atoms with Crippen molar-refractivity contribution in [3.63, 3.8) is 0 Å². The van der Waals surface area contributed by atoms with Crippen LogP contribution in [0.2, 0.25) is 0 Å². The van der Waals surface area contributed by atoms with Gasteiger partial charge in [0.25, 0.3) is 0 Å². The second-order valence-electron chi connectivity index (χ2n) is 6.10. The Labute approximate surface area is 152 Å². The molecule has 0 atom stereocenters. The van der Waals surface area contributed by atoms with Crippen molar-refractivity contribution in [2.24, 2.45) is 0 Å². The fraction of sp³-hybridized carbons (Fsp3) is 0.333. The lowest BCUT2D eigenvalue weighted by Crippen LogP contribution is -2.49. The van der Waals surface area contributed by atoms with Gasteiger partial charge >= 0.3 is 0 Å². The van der Waals surface area contributed by atoms with Gasteiger partial charge in [0.2, 0.25) is 5.91 Å². The van der Waals surface area contributed by atoms with Crippen LogP contribution >= 0.6 is 0 Å². The summed E-state index contributed by atoms with van der Waals surface area (Å²) in [5, 5.41) is 0. The van der Waals surface area contributed by atoms with Crippen molar-refractivity contribution in [3.05, 3.63) is 54.6 Å². The van der Waals surface area contributed by atoms with Crippen LogP contribution in [0.15, 0.2) is 53.7 Å². The Balaban J connectivity index is 1.52. The first-order valence-electron chi connectivity index (χ1n) is 8.37. The summed E-state index contributed by atoms with van der Waals surface area (Å²) in [6.45, 7) is 2.50. The van der Waals surface area contributed by atoms with Crippen LogP contribution in [0.25, 0.3) is 0 Å². The maximum Gasteiger partial charge on any atom is 0.223 e. The Morgan fingerprint density at radius 3 is 2.23 bits per heavy atom. The predicted molar refractivity (Wildman–Crippen MR) is 96.1 cm³/mol. The highest BCUT2D eigenvalue weighted by molar-refractivity contribution is 7.91. The molecule has 1 aliphatic rings. The number of piperazine rings is 1. The number of carbonyl (C=O) groups is 1. The number of aromatic nitrogens is 1. The number of sulfone groups is 1. The first-order chi connectivity index (χ1) is 12.5. The van der Waals surface area contributed by atoms with Crippen molar-refractivity contribution in [2.75, 3.05) is 36.8 Å². The lowest BCUT2D eigenvalue weighted by atomic mass is 10.2. The van der Waals surface area contributed by atoms with Crippen molar-refractivity contribution >= 4 is 21.4 Å². The molecule has 1 saturated heterocycles. The van der Waals surface area contributed by atoms with E-state index in [0.717, 1.165) is 17.8 Å². The van der Waals surface area contributed by atoms with Crippen LogP contribution in [0, 0.1) is 5.82 Å². The summed E-state index contributed by atoms with van der Waals surface area (Å²) in [7, 11) is -3.60. The molecule has 0 unspecified atom stereocenters. The molecule has 1 aliphatic heterocycles. The average Bonchev–Trinajstić information content (AvgIpc) is 2.67. The van der Waals surface area contributed by atoms with E-state index in [4.69, 9.17) is 0 Å². The number of amides is 1. The standard InChI is InChI=1S/C18H20FN3O3S/c19-15-1-3-17(4-2-15)26(24,25)14-7-18(23)22-12-10-21(11-13-22)16-5-8-20-9-6-16/h1-6,8-9H,7,10-14H2. The van der Waals surface area contributed by atoms with Crippen LogP contribution < -0.4 is 4.90 Å². The van der Waals surface area contributed by atoms with Crippen LogP contribution in [-0.2, 0) is 14.6 Å². The molecule has 1 aromatic carbocycles. The average molecular weight is 377 g/mol. The maximum atomic E-state index is 12.9. The van der Waals surface area contributed by atoms with Crippen LogP contribution in [0.5, 0.6) is 0 Å². The summed E-state index contributed by atoms with van der Waals surface area (Å²) in [5.41, 5.74) is 1.06. The van der Waals surface area contributed by atoms with Gasteiger partial charge < -0.3 is 9.80 Å². The maximum absolute atomic E-state index is 12.9. The molecule has 1 aromatic heterocycles. The van der Waals surface area contributed by atoms with E-state index in [1.54, 1.807) is 17.3 Å². The van der Waals surface area contributed by atoms with Crippen molar-refractivity contribution < 1.29 is 17.6 Å². The molecule has 1 amide bonds. The van der Waals surface area contributed by atoms with Gasteiger partial charge in [-0.2, -0.15) is 0 Å². The minimum Gasteiger partial charge on any atom is -0.368 e. The molecule has 0 N–H and O–H groups in total. The molecule has 2 heterocycles. The Morgan fingerprint density at radius 2 is 1.62 bits per heavy atom. The summed E-state index contributed by atoms with van der Waals surface area (Å²) >= 11 is 0. The number of pyridine rings is 1. The number of rotatable bonds is 5. The number of hydrogen-bond acceptors (Lipinski definition) is 5. The third kappa shape index (κ3) is 4.37. The zero-order valence-electron chi connectivity index (χ0n) is 14.2. The first-order valence-corrected chi connectivity index (χ1v) is 10.0. The molecular weight excluding hydrogens is 357 g/mol. The van der Waals surface area contributed by atoms with E-state index in [-0.39, 0.29) is 23.0 Å². The Morgan fingerprint density at radius 1 is 1.00 bits per heavy atom. The molecule has 0 saturated carbocycles. The summed E-state index contributed by atoms with van der Waals surface area (Å²) in [6, 6.07) is 8.50. The minimum absolute atomic E-state index is 0.0363. The Hall–Kier alpha value is -2.48. The molecule has 138 valence electrons. The van der Waals surface area contributed by atoms with Gasteiger partial charge in [0.15, 0.2) is 9.84 Å². The van der Waals surface area contributed by atoms with Crippen molar-refractivity contribution in [1.29, 1.82) is 0 Å². The van der Waals surface area contributed by atoms with E-state index in [2.05, 4.69) is 9.88 Å². The zero-order chi connectivity index (χ0) is 18.6. The highest BCUT2D eigenvalue weighted by Gasteiger charge is 2.23. The van der Waals surface area contributed by atoms with Crippen LogP contribution in [0.1, 0.15) is 6.42 Å². The van der Waals surface area contributed by atoms with Gasteiger partial charge in [0.1, 0.15) is 5.82 Å². The number of benzene rings is 1. The van der Waals surface area contributed by atoms with Crippen molar-refractivity contribution in [2.45, 2.75) is 11.3 Å². The van der Waals surface area contributed by atoms with E-state index in [1.165, 1.54) is 12.1 Å². The molecule has 26 heavy (non-hydrogen) atoms.